The number of Topliss-reactive ketones (excluding diaryl/α,β-unsaturated/α-hetero) is 1. The molecule has 0 unspecified atom stereocenters. The molecule has 0 aromatic heterocycles. The van der Waals surface area contributed by atoms with E-state index in [-0.39, 0.29) is 6.10 Å². The van der Waals surface area contributed by atoms with Crippen LogP contribution in [0.3, 0.4) is 0 Å². The van der Waals surface area contributed by atoms with Crippen molar-refractivity contribution in [3.8, 4) is 0 Å². The highest BCUT2D eigenvalue weighted by atomic mass is 16.5. The third-order valence-corrected chi connectivity index (χ3v) is 11.9. The Labute approximate surface area is 236 Å². The zero-order valence-corrected chi connectivity index (χ0v) is 25.7. The van der Waals surface area contributed by atoms with Crippen molar-refractivity contribution in [2.45, 2.75) is 156 Å². The molecule has 2 atom stereocenters. The van der Waals surface area contributed by atoms with Crippen molar-refractivity contribution in [1.82, 2.24) is 0 Å². The van der Waals surface area contributed by atoms with E-state index in [9.17, 15) is 4.79 Å². The number of ether oxygens (including phenoxy) is 1. The highest BCUT2D eigenvalue weighted by Crippen LogP contribution is 2.45. The zero-order chi connectivity index (χ0) is 27.1. The van der Waals surface area contributed by atoms with E-state index in [1.165, 1.54) is 103 Å². The molecule has 4 aliphatic carbocycles. The van der Waals surface area contributed by atoms with Crippen LogP contribution in [0, 0.1) is 53.3 Å². The number of rotatable bonds is 11. The Morgan fingerprint density at radius 1 is 0.605 bits per heavy atom. The van der Waals surface area contributed by atoms with Crippen molar-refractivity contribution < 1.29 is 9.53 Å². The Bertz CT molecular complexity index is 648. The predicted molar refractivity (Wildman–Crippen MR) is 161 cm³/mol. The van der Waals surface area contributed by atoms with E-state index in [2.05, 4.69) is 34.3 Å². The Hall–Kier alpha value is -0.790. The number of carbonyl (C=O) groups is 1. The van der Waals surface area contributed by atoms with Crippen LogP contribution in [-0.2, 0) is 9.53 Å². The number of allylic oxidation sites excluding steroid dienone is 1. The standard InChI is InChI=1S/C36H62O2/c1-25(2)28-16-20-30(21-17-28)27(5)38-36(33-14-10-7-11-15-33)34(31-12-8-6-9-13-31)24-35(37)32-22-18-29(19-23-32)26(3)4/h25-26,28-34,36H,5-24H2,1-4H3/t28?,29?,30?,32?,34-,36-/m1/s1. The summed E-state index contributed by atoms with van der Waals surface area (Å²) in [5.74, 6) is 7.39. The number of hydrogen-bond donors (Lipinski definition) is 0. The summed E-state index contributed by atoms with van der Waals surface area (Å²) in [6.45, 7) is 14.1. The molecule has 2 nitrogen and oxygen atoms in total. The maximum atomic E-state index is 13.9. The molecular weight excluding hydrogens is 464 g/mol. The van der Waals surface area contributed by atoms with Crippen LogP contribution in [0.5, 0.6) is 0 Å². The first-order valence-corrected chi connectivity index (χ1v) is 17.2. The molecule has 0 N–H and O–H groups in total. The van der Waals surface area contributed by atoms with Gasteiger partial charge in [0.2, 0.25) is 0 Å². The van der Waals surface area contributed by atoms with Gasteiger partial charge >= 0.3 is 0 Å². The van der Waals surface area contributed by atoms with Crippen molar-refractivity contribution in [1.29, 1.82) is 0 Å². The lowest BCUT2D eigenvalue weighted by atomic mass is 9.68. The maximum Gasteiger partial charge on any atom is 0.136 e. The van der Waals surface area contributed by atoms with Gasteiger partial charge in [-0.25, -0.2) is 0 Å². The van der Waals surface area contributed by atoms with Gasteiger partial charge in [-0.3, -0.25) is 4.79 Å². The highest BCUT2D eigenvalue weighted by molar-refractivity contribution is 5.81. The second-order valence-corrected chi connectivity index (χ2v) is 14.9. The van der Waals surface area contributed by atoms with Crippen LogP contribution in [0.25, 0.3) is 0 Å². The largest absolute Gasteiger partial charge is 0.495 e. The molecule has 4 rings (SSSR count). The van der Waals surface area contributed by atoms with Crippen molar-refractivity contribution in [2.24, 2.45) is 53.3 Å². The minimum Gasteiger partial charge on any atom is -0.495 e. The van der Waals surface area contributed by atoms with Crippen LogP contribution < -0.4 is 0 Å². The number of carbonyl (C=O) groups excluding carboxylic acids is 1. The average molecular weight is 527 g/mol. The van der Waals surface area contributed by atoms with Crippen molar-refractivity contribution in [3.63, 3.8) is 0 Å². The Balaban J connectivity index is 1.48. The highest BCUT2D eigenvalue weighted by Gasteiger charge is 2.41. The van der Waals surface area contributed by atoms with Crippen LogP contribution in [0.1, 0.15) is 150 Å². The number of hydrogen-bond acceptors (Lipinski definition) is 2. The molecule has 218 valence electrons. The zero-order valence-electron chi connectivity index (χ0n) is 25.7. The monoisotopic (exact) mass is 526 g/mol. The first-order valence-electron chi connectivity index (χ1n) is 17.2. The molecule has 4 aliphatic rings. The lowest BCUT2D eigenvalue weighted by Gasteiger charge is -2.43. The first-order chi connectivity index (χ1) is 18.3. The van der Waals surface area contributed by atoms with E-state index >= 15 is 0 Å². The molecule has 0 aromatic rings. The molecule has 0 aliphatic heterocycles. The van der Waals surface area contributed by atoms with Crippen molar-refractivity contribution in [3.05, 3.63) is 12.3 Å². The van der Waals surface area contributed by atoms with E-state index in [1.54, 1.807) is 0 Å². The van der Waals surface area contributed by atoms with Crippen molar-refractivity contribution in [2.75, 3.05) is 0 Å². The minimum absolute atomic E-state index is 0.213. The van der Waals surface area contributed by atoms with Crippen LogP contribution in [0.4, 0.5) is 0 Å². The lowest BCUT2D eigenvalue weighted by Crippen LogP contribution is -2.41. The molecule has 2 heteroatoms. The van der Waals surface area contributed by atoms with Gasteiger partial charge in [0.15, 0.2) is 0 Å². The topological polar surface area (TPSA) is 26.3 Å². The summed E-state index contributed by atoms with van der Waals surface area (Å²) < 4.78 is 7.13. The molecule has 0 saturated heterocycles. The normalized spacial score (nSPS) is 31.7. The number of ketones is 1. The van der Waals surface area contributed by atoms with E-state index in [0.717, 1.165) is 48.7 Å². The molecule has 4 saturated carbocycles. The van der Waals surface area contributed by atoms with Crippen LogP contribution in [-0.4, -0.2) is 11.9 Å². The Morgan fingerprint density at radius 2 is 1.05 bits per heavy atom. The summed E-state index contributed by atoms with van der Waals surface area (Å²) in [6, 6.07) is 0. The Morgan fingerprint density at radius 3 is 1.53 bits per heavy atom. The summed E-state index contributed by atoms with van der Waals surface area (Å²) in [6.07, 6.45) is 24.1. The molecule has 0 heterocycles. The lowest BCUT2D eigenvalue weighted by molar-refractivity contribution is -0.128. The Kier molecular flexibility index (Phi) is 11.7. The fourth-order valence-corrected chi connectivity index (χ4v) is 8.99. The van der Waals surface area contributed by atoms with Gasteiger partial charge in [0.25, 0.3) is 0 Å². The molecule has 0 radical (unpaired) electrons. The van der Waals surface area contributed by atoms with Crippen LogP contribution >= 0.6 is 0 Å². The molecule has 0 spiro atoms. The average Bonchev–Trinajstić information content (AvgIpc) is 2.95. The fraction of sp³-hybridized carbons (Fsp3) is 0.917. The quantitative estimate of drug-likeness (QED) is 0.250. The third kappa shape index (κ3) is 8.13. The molecule has 0 bridgehead atoms. The van der Waals surface area contributed by atoms with Gasteiger partial charge in [0, 0.05) is 24.2 Å². The molecule has 0 amide bonds. The first kappa shape index (κ1) is 30.2. The van der Waals surface area contributed by atoms with Gasteiger partial charge in [0.05, 0.1) is 5.76 Å². The summed E-state index contributed by atoms with van der Waals surface area (Å²) in [7, 11) is 0. The maximum absolute atomic E-state index is 13.9. The smallest absolute Gasteiger partial charge is 0.136 e. The van der Waals surface area contributed by atoms with Gasteiger partial charge in [-0.15, -0.1) is 0 Å². The van der Waals surface area contributed by atoms with Gasteiger partial charge < -0.3 is 4.74 Å². The van der Waals surface area contributed by atoms with E-state index in [0.29, 0.717) is 35.4 Å². The van der Waals surface area contributed by atoms with Gasteiger partial charge in [-0.1, -0.05) is 85.6 Å². The van der Waals surface area contributed by atoms with Crippen LogP contribution in [0.2, 0.25) is 0 Å². The summed E-state index contributed by atoms with van der Waals surface area (Å²) in [4.78, 5) is 13.9. The second kappa shape index (κ2) is 14.7. The summed E-state index contributed by atoms with van der Waals surface area (Å²) in [5.41, 5.74) is 0. The predicted octanol–water partition coefficient (Wildman–Crippen LogP) is 10.5. The molecule has 0 aromatic carbocycles. The second-order valence-electron chi connectivity index (χ2n) is 14.9. The van der Waals surface area contributed by atoms with Gasteiger partial charge in [-0.2, -0.15) is 0 Å². The third-order valence-electron chi connectivity index (χ3n) is 11.9. The van der Waals surface area contributed by atoms with Gasteiger partial charge in [-0.05, 0) is 99.7 Å². The van der Waals surface area contributed by atoms with E-state index in [4.69, 9.17) is 4.74 Å². The SMILES string of the molecule is C=C(O[C@H](C1CCCCC1)[C@H](CC(=O)C1CCC(C(C)C)CC1)C1CCCCC1)C1CCC(C(C)C)CC1. The van der Waals surface area contributed by atoms with Crippen LogP contribution in [0.15, 0.2) is 12.3 Å². The van der Waals surface area contributed by atoms with E-state index < -0.39 is 0 Å². The fourth-order valence-electron chi connectivity index (χ4n) is 8.99. The summed E-state index contributed by atoms with van der Waals surface area (Å²) >= 11 is 0. The minimum atomic E-state index is 0.213. The molecule has 38 heavy (non-hydrogen) atoms. The molecular formula is C36H62O2. The van der Waals surface area contributed by atoms with E-state index in [1.807, 2.05) is 0 Å². The van der Waals surface area contributed by atoms with Gasteiger partial charge in [0.1, 0.15) is 11.9 Å². The van der Waals surface area contributed by atoms with Crippen molar-refractivity contribution >= 4 is 5.78 Å². The summed E-state index contributed by atoms with van der Waals surface area (Å²) in [5, 5.41) is 0. The molecule has 4 fully saturated rings.